The molecule has 0 aromatic heterocycles. The molecule has 0 bridgehead atoms. The van der Waals surface area contributed by atoms with Crippen molar-refractivity contribution in [3.63, 3.8) is 0 Å². The minimum Gasteiger partial charge on any atom is -0.484 e. The van der Waals surface area contributed by atoms with Gasteiger partial charge in [0.25, 0.3) is 5.91 Å². The van der Waals surface area contributed by atoms with Crippen LogP contribution in [0.3, 0.4) is 0 Å². The average molecular weight is 416 g/mol. The van der Waals surface area contributed by atoms with Crippen molar-refractivity contribution < 1.29 is 19.1 Å². The summed E-state index contributed by atoms with van der Waals surface area (Å²) in [6, 6.07) is 14.4. The molecular formula is C21H22ClN3O4. The molecule has 1 heterocycles. The van der Waals surface area contributed by atoms with E-state index in [1.807, 2.05) is 24.3 Å². The third-order valence-electron chi connectivity index (χ3n) is 4.50. The van der Waals surface area contributed by atoms with Crippen molar-refractivity contribution in [2.24, 2.45) is 0 Å². The third kappa shape index (κ3) is 5.96. The number of hydrazine groups is 1. The maximum Gasteiger partial charge on any atom is 0.276 e. The van der Waals surface area contributed by atoms with E-state index in [0.717, 1.165) is 24.1 Å². The van der Waals surface area contributed by atoms with E-state index in [0.29, 0.717) is 17.3 Å². The summed E-state index contributed by atoms with van der Waals surface area (Å²) in [5.74, 6) is -0.568. The van der Waals surface area contributed by atoms with E-state index in [2.05, 4.69) is 10.9 Å². The zero-order valence-corrected chi connectivity index (χ0v) is 16.6. The highest BCUT2D eigenvalue weighted by Crippen LogP contribution is 2.27. The summed E-state index contributed by atoms with van der Waals surface area (Å²) in [4.78, 5) is 37.9. The Bertz CT molecular complexity index is 886. The van der Waals surface area contributed by atoms with Crippen LogP contribution in [-0.4, -0.2) is 30.9 Å². The van der Waals surface area contributed by atoms with E-state index in [9.17, 15) is 14.4 Å². The Balaban J connectivity index is 1.38. The number of anilines is 1. The minimum absolute atomic E-state index is 0.0180. The highest BCUT2D eigenvalue weighted by atomic mass is 35.5. The first-order valence-electron chi connectivity index (χ1n) is 9.37. The van der Waals surface area contributed by atoms with E-state index in [-0.39, 0.29) is 25.4 Å². The van der Waals surface area contributed by atoms with Gasteiger partial charge in [-0.1, -0.05) is 29.8 Å². The van der Waals surface area contributed by atoms with Crippen molar-refractivity contribution in [1.82, 2.24) is 10.9 Å². The molecule has 0 saturated heterocycles. The van der Waals surface area contributed by atoms with E-state index in [1.54, 1.807) is 29.2 Å². The van der Waals surface area contributed by atoms with Crippen LogP contribution in [0.2, 0.25) is 5.02 Å². The molecule has 0 fully saturated rings. The fourth-order valence-electron chi connectivity index (χ4n) is 3.07. The van der Waals surface area contributed by atoms with Crippen molar-refractivity contribution in [3.05, 3.63) is 59.1 Å². The first-order valence-corrected chi connectivity index (χ1v) is 9.75. The number of amides is 3. The van der Waals surface area contributed by atoms with Crippen molar-refractivity contribution >= 4 is 35.0 Å². The summed E-state index contributed by atoms with van der Waals surface area (Å²) in [7, 11) is 0. The van der Waals surface area contributed by atoms with Crippen LogP contribution < -0.4 is 20.5 Å². The normalized spacial score (nSPS) is 12.7. The number of rotatable bonds is 6. The molecule has 3 amide bonds. The Morgan fingerprint density at radius 2 is 1.69 bits per heavy atom. The van der Waals surface area contributed by atoms with Crippen LogP contribution in [0.25, 0.3) is 0 Å². The average Bonchev–Trinajstić information content (AvgIpc) is 2.75. The maximum atomic E-state index is 12.5. The van der Waals surface area contributed by atoms with Gasteiger partial charge in [0.1, 0.15) is 5.75 Å². The number of carbonyl (C=O) groups excluding carboxylic acids is 3. The Labute approximate surface area is 173 Å². The quantitative estimate of drug-likeness (QED) is 0.710. The number of para-hydroxylation sites is 1. The molecule has 0 radical (unpaired) electrons. The van der Waals surface area contributed by atoms with Crippen LogP contribution in [0, 0.1) is 0 Å². The number of fused-ring (bicyclic) bond motifs is 1. The molecule has 29 heavy (non-hydrogen) atoms. The highest BCUT2D eigenvalue weighted by Gasteiger charge is 2.22. The molecule has 0 spiro atoms. The molecule has 1 aliphatic rings. The smallest absolute Gasteiger partial charge is 0.276 e. The van der Waals surface area contributed by atoms with Crippen LogP contribution >= 0.6 is 11.6 Å². The van der Waals surface area contributed by atoms with Gasteiger partial charge >= 0.3 is 0 Å². The number of benzene rings is 2. The second kappa shape index (κ2) is 9.93. The minimum atomic E-state index is -0.510. The first-order chi connectivity index (χ1) is 14.0. The van der Waals surface area contributed by atoms with Crippen molar-refractivity contribution in [2.45, 2.75) is 25.7 Å². The number of halogens is 1. The number of nitrogens with zero attached hydrogens (tertiary/aromatic N) is 1. The lowest BCUT2D eigenvalue weighted by molar-refractivity contribution is -0.130. The molecule has 0 saturated carbocycles. The zero-order chi connectivity index (χ0) is 20.6. The summed E-state index contributed by atoms with van der Waals surface area (Å²) in [6.07, 6.45) is 1.90. The Morgan fingerprint density at radius 1 is 0.966 bits per heavy atom. The monoisotopic (exact) mass is 415 g/mol. The fraction of sp³-hybridized carbons (Fsp3) is 0.286. The topological polar surface area (TPSA) is 87.7 Å². The maximum absolute atomic E-state index is 12.5. The molecule has 2 aromatic carbocycles. The van der Waals surface area contributed by atoms with Crippen LogP contribution in [0.5, 0.6) is 5.75 Å². The molecule has 0 unspecified atom stereocenters. The molecule has 0 atom stereocenters. The summed E-state index contributed by atoms with van der Waals surface area (Å²) in [5.41, 5.74) is 6.62. The molecule has 152 valence electrons. The summed E-state index contributed by atoms with van der Waals surface area (Å²) in [5, 5.41) is 0.566. The van der Waals surface area contributed by atoms with Crippen LogP contribution in [0.4, 0.5) is 5.69 Å². The van der Waals surface area contributed by atoms with E-state index < -0.39 is 11.8 Å². The first kappa shape index (κ1) is 20.7. The van der Waals surface area contributed by atoms with Gasteiger partial charge in [-0.05, 0) is 48.7 Å². The van der Waals surface area contributed by atoms with Crippen molar-refractivity contribution in [2.75, 3.05) is 18.1 Å². The number of ether oxygens (including phenoxy) is 1. The lowest BCUT2D eigenvalue weighted by Gasteiger charge is -2.29. The van der Waals surface area contributed by atoms with Gasteiger partial charge in [-0.15, -0.1) is 0 Å². The van der Waals surface area contributed by atoms with Gasteiger partial charge < -0.3 is 9.64 Å². The number of aryl methyl sites for hydroxylation is 1. The van der Waals surface area contributed by atoms with Crippen molar-refractivity contribution in [3.8, 4) is 5.75 Å². The molecular weight excluding hydrogens is 394 g/mol. The summed E-state index contributed by atoms with van der Waals surface area (Å²) < 4.78 is 5.28. The second-order valence-corrected chi connectivity index (χ2v) is 7.05. The largest absolute Gasteiger partial charge is 0.484 e. The Hall–Kier alpha value is -3.06. The van der Waals surface area contributed by atoms with Crippen LogP contribution in [0.15, 0.2) is 48.5 Å². The van der Waals surface area contributed by atoms with Gasteiger partial charge in [0.05, 0.1) is 0 Å². The van der Waals surface area contributed by atoms with E-state index in [1.165, 1.54) is 0 Å². The van der Waals surface area contributed by atoms with Gasteiger partial charge in [-0.25, -0.2) is 0 Å². The van der Waals surface area contributed by atoms with Gasteiger partial charge in [-0.3, -0.25) is 25.2 Å². The number of hydrogen-bond donors (Lipinski definition) is 2. The van der Waals surface area contributed by atoms with Crippen molar-refractivity contribution in [1.29, 1.82) is 0 Å². The molecule has 2 N–H and O–H groups in total. The zero-order valence-electron chi connectivity index (χ0n) is 15.8. The fourth-order valence-corrected chi connectivity index (χ4v) is 3.19. The second-order valence-electron chi connectivity index (χ2n) is 6.62. The lowest BCUT2D eigenvalue weighted by Crippen LogP contribution is -2.44. The highest BCUT2D eigenvalue weighted by molar-refractivity contribution is 6.30. The Morgan fingerprint density at radius 3 is 2.48 bits per heavy atom. The van der Waals surface area contributed by atoms with Gasteiger partial charge in [-0.2, -0.15) is 0 Å². The number of carbonyl (C=O) groups is 3. The summed E-state index contributed by atoms with van der Waals surface area (Å²) in [6.45, 7) is 0.391. The number of nitrogens with one attached hydrogen (secondary N) is 2. The van der Waals surface area contributed by atoms with Gasteiger partial charge in [0.15, 0.2) is 6.61 Å². The van der Waals surface area contributed by atoms with Gasteiger partial charge in [0, 0.05) is 30.1 Å². The SMILES string of the molecule is O=C(CCC(=O)N1CCCc2ccccc21)NNC(=O)COc1ccc(Cl)cc1. The molecule has 2 aromatic rings. The van der Waals surface area contributed by atoms with Crippen LogP contribution in [0.1, 0.15) is 24.8 Å². The molecule has 7 nitrogen and oxygen atoms in total. The van der Waals surface area contributed by atoms with E-state index >= 15 is 0 Å². The molecule has 3 rings (SSSR count). The predicted molar refractivity (Wildman–Crippen MR) is 110 cm³/mol. The Kier molecular flexibility index (Phi) is 7.08. The predicted octanol–water partition coefficient (Wildman–Crippen LogP) is 2.63. The standard InChI is InChI=1S/C21H22ClN3O4/c22-16-7-9-17(10-8-16)29-14-20(27)24-23-19(26)11-12-21(28)25-13-3-5-15-4-1-2-6-18(15)25/h1-2,4,6-10H,3,5,11-14H2,(H,23,26)(H,24,27). The molecule has 0 aliphatic carbocycles. The van der Waals surface area contributed by atoms with Crippen LogP contribution in [-0.2, 0) is 20.8 Å². The third-order valence-corrected chi connectivity index (χ3v) is 4.75. The summed E-state index contributed by atoms with van der Waals surface area (Å²) >= 11 is 5.78. The molecule has 8 heteroatoms. The lowest BCUT2D eigenvalue weighted by atomic mass is 10.0. The van der Waals surface area contributed by atoms with Gasteiger partial charge in [0.2, 0.25) is 11.8 Å². The number of hydrogen-bond acceptors (Lipinski definition) is 4. The van der Waals surface area contributed by atoms with E-state index in [4.69, 9.17) is 16.3 Å². The molecule has 1 aliphatic heterocycles.